The van der Waals surface area contributed by atoms with Gasteiger partial charge in [-0.05, 0) is 50.1 Å². The van der Waals surface area contributed by atoms with Gasteiger partial charge < -0.3 is 5.32 Å². The lowest BCUT2D eigenvalue weighted by molar-refractivity contribution is 0.588. The van der Waals surface area contributed by atoms with Crippen LogP contribution in [0.4, 0.5) is 0 Å². The first kappa shape index (κ1) is 15.4. The highest BCUT2D eigenvalue weighted by atomic mass is 35.5. The normalized spacial score (nSPS) is 12.4. The Bertz CT molecular complexity index is 608. The first-order valence-electron chi connectivity index (χ1n) is 6.70. The van der Waals surface area contributed by atoms with E-state index in [9.17, 15) is 0 Å². The fourth-order valence-electron chi connectivity index (χ4n) is 2.43. The van der Waals surface area contributed by atoms with Gasteiger partial charge in [0.15, 0.2) is 0 Å². The number of nitrogens with one attached hydrogen (secondary N) is 1. The van der Waals surface area contributed by atoms with E-state index in [2.05, 4.69) is 37.4 Å². The first-order chi connectivity index (χ1) is 9.52. The monoisotopic (exact) mass is 307 g/mol. The molecule has 0 saturated heterocycles. The third-order valence-electron chi connectivity index (χ3n) is 3.61. The van der Waals surface area contributed by atoms with Gasteiger partial charge in [-0.1, -0.05) is 59.1 Å². The highest BCUT2D eigenvalue weighted by molar-refractivity contribution is 6.42. The fraction of sp³-hybridized carbons (Fsp3) is 0.294. The highest BCUT2D eigenvalue weighted by Crippen LogP contribution is 2.30. The number of halogens is 2. The van der Waals surface area contributed by atoms with E-state index in [0.29, 0.717) is 10.0 Å². The van der Waals surface area contributed by atoms with Gasteiger partial charge in [-0.25, -0.2) is 0 Å². The van der Waals surface area contributed by atoms with Gasteiger partial charge in [-0.15, -0.1) is 0 Å². The average molecular weight is 308 g/mol. The summed E-state index contributed by atoms with van der Waals surface area (Å²) in [5.41, 5.74) is 4.93. The van der Waals surface area contributed by atoms with Crippen LogP contribution in [-0.2, 0) is 6.42 Å². The Morgan fingerprint density at radius 3 is 2.55 bits per heavy atom. The Kier molecular flexibility index (Phi) is 5.09. The molecule has 106 valence electrons. The molecule has 2 aromatic carbocycles. The summed E-state index contributed by atoms with van der Waals surface area (Å²) in [5.74, 6) is 0. The zero-order chi connectivity index (χ0) is 14.7. The summed E-state index contributed by atoms with van der Waals surface area (Å²) >= 11 is 12.4. The molecule has 1 nitrogen and oxygen atoms in total. The van der Waals surface area contributed by atoms with E-state index in [-0.39, 0.29) is 6.04 Å². The molecule has 0 amide bonds. The molecule has 1 N–H and O–H groups in total. The summed E-state index contributed by atoms with van der Waals surface area (Å²) in [7, 11) is 1.98. The molecule has 0 aliphatic carbocycles. The molecule has 3 heteroatoms. The van der Waals surface area contributed by atoms with Crippen molar-refractivity contribution >= 4 is 23.2 Å². The summed E-state index contributed by atoms with van der Waals surface area (Å²) in [6, 6.07) is 12.6. The number of aryl methyl sites for hydroxylation is 2. The smallest absolute Gasteiger partial charge is 0.0624 e. The molecule has 0 saturated carbocycles. The van der Waals surface area contributed by atoms with Crippen molar-refractivity contribution in [3.63, 3.8) is 0 Å². The number of hydrogen-bond donors (Lipinski definition) is 1. The van der Waals surface area contributed by atoms with Gasteiger partial charge in [0.1, 0.15) is 0 Å². The van der Waals surface area contributed by atoms with E-state index < -0.39 is 0 Å². The van der Waals surface area contributed by atoms with Crippen molar-refractivity contribution in [1.82, 2.24) is 5.32 Å². The molecule has 0 aliphatic rings. The maximum atomic E-state index is 6.29. The van der Waals surface area contributed by atoms with Gasteiger partial charge in [0.25, 0.3) is 0 Å². The van der Waals surface area contributed by atoms with Crippen molar-refractivity contribution in [2.24, 2.45) is 0 Å². The minimum absolute atomic E-state index is 0.228. The SMILES string of the molecule is CNC(Cc1cccc(Cl)c1Cl)c1cc(C)ccc1C. The number of benzene rings is 2. The Morgan fingerprint density at radius 2 is 1.85 bits per heavy atom. The summed E-state index contributed by atoms with van der Waals surface area (Å²) in [4.78, 5) is 0. The van der Waals surface area contributed by atoms with E-state index in [0.717, 1.165) is 12.0 Å². The van der Waals surface area contributed by atoms with Crippen molar-refractivity contribution < 1.29 is 0 Å². The molecule has 0 radical (unpaired) electrons. The molecule has 0 fully saturated rings. The van der Waals surface area contributed by atoms with Crippen LogP contribution in [0, 0.1) is 13.8 Å². The van der Waals surface area contributed by atoms with Gasteiger partial charge in [0.05, 0.1) is 10.0 Å². The van der Waals surface area contributed by atoms with Crippen LogP contribution in [0.5, 0.6) is 0 Å². The van der Waals surface area contributed by atoms with Gasteiger partial charge in [-0.3, -0.25) is 0 Å². The van der Waals surface area contributed by atoms with Gasteiger partial charge in [-0.2, -0.15) is 0 Å². The molecule has 2 aromatic rings. The minimum Gasteiger partial charge on any atom is -0.313 e. The Labute approximate surface area is 130 Å². The second-order valence-corrected chi connectivity index (χ2v) is 5.90. The second kappa shape index (κ2) is 6.62. The lowest BCUT2D eigenvalue weighted by Crippen LogP contribution is -2.20. The predicted octanol–water partition coefficient (Wildman–Crippen LogP) is 5.11. The maximum absolute atomic E-state index is 6.29. The summed E-state index contributed by atoms with van der Waals surface area (Å²) in [5, 5.41) is 4.64. The Morgan fingerprint density at radius 1 is 1.10 bits per heavy atom. The molecular weight excluding hydrogens is 289 g/mol. The largest absolute Gasteiger partial charge is 0.313 e. The van der Waals surface area contributed by atoms with Gasteiger partial charge >= 0.3 is 0 Å². The van der Waals surface area contributed by atoms with Crippen LogP contribution in [0.1, 0.15) is 28.3 Å². The Balaban J connectivity index is 2.34. The van der Waals surface area contributed by atoms with Crippen LogP contribution < -0.4 is 5.32 Å². The minimum atomic E-state index is 0.228. The van der Waals surface area contributed by atoms with Crippen LogP contribution in [0.2, 0.25) is 10.0 Å². The summed E-state index contributed by atoms with van der Waals surface area (Å²) in [6.45, 7) is 4.25. The van der Waals surface area contributed by atoms with Crippen molar-refractivity contribution in [2.45, 2.75) is 26.3 Å². The van der Waals surface area contributed by atoms with Crippen LogP contribution >= 0.6 is 23.2 Å². The van der Waals surface area contributed by atoms with E-state index in [1.165, 1.54) is 16.7 Å². The zero-order valence-corrected chi connectivity index (χ0v) is 13.5. The van der Waals surface area contributed by atoms with Gasteiger partial charge in [0, 0.05) is 6.04 Å². The molecule has 1 unspecified atom stereocenters. The van der Waals surface area contributed by atoms with E-state index in [1.54, 1.807) is 0 Å². The molecule has 0 spiro atoms. The van der Waals surface area contributed by atoms with Crippen LogP contribution in [0.25, 0.3) is 0 Å². The second-order valence-electron chi connectivity index (χ2n) is 5.12. The third kappa shape index (κ3) is 3.35. The Hall–Kier alpha value is -1.02. The predicted molar refractivity (Wildman–Crippen MR) is 87.9 cm³/mol. The van der Waals surface area contributed by atoms with Crippen LogP contribution in [0.15, 0.2) is 36.4 Å². The van der Waals surface area contributed by atoms with Crippen molar-refractivity contribution in [3.05, 3.63) is 68.7 Å². The third-order valence-corrected chi connectivity index (χ3v) is 4.47. The molecule has 2 rings (SSSR count). The first-order valence-corrected chi connectivity index (χ1v) is 7.46. The lowest BCUT2D eigenvalue weighted by atomic mass is 9.94. The molecule has 20 heavy (non-hydrogen) atoms. The van der Waals surface area contributed by atoms with Crippen molar-refractivity contribution in [2.75, 3.05) is 7.05 Å². The highest BCUT2D eigenvalue weighted by Gasteiger charge is 2.15. The van der Waals surface area contributed by atoms with Crippen molar-refractivity contribution in [1.29, 1.82) is 0 Å². The van der Waals surface area contributed by atoms with Crippen LogP contribution in [-0.4, -0.2) is 7.05 Å². The fourth-order valence-corrected chi connectivity index (χ4v) is 2.83. The molecule has 0 aromatic heterocycles. The quantitative estimate of drug-likeness (QED) is 0.827. The lowest BCUT2D eigenvalue weighted by Gasteiger charge is -2.20. The van der Waals surface area contributed by atoms with Crippen molar-refractivity contribution in [3.8, 4) is 0 Å². The molecule has 0 aliphatic heterocycles. The average Bonchev–Trinajstić information content (AvgIpc) is 2.43. The molecule has 0 bridgehead atoms. The van der Waals surface area contributed by atoms with E-state index in [1.807, 2.05) is 25.2 Å². The zero-order valence-electron chi connectivity index (χ0n) is 12.0. The number of hydrogen-bond acceptors (Lipinski definition) is 1. The maximum Gasteiger partial charge on any atom is 0.0624 e. The number of rotatable bonds is 4. The van der Waals surface area contributed by atoms with Gasteiger partial charge in [0.2, 0.25) is 0 Å². The molecular formula is C17H19Cl2N. The summed E-state index contributed by atoms with van der Waals surface area (Å²) in [6.07, 6.45) is 0.820. The topological polar surface area (TPSA) is 12.0 Å². The number of likely N-dealkylation sites (N-methyl/N-ethyl adjacent to an activating group) is 1. The van der Waals surface area contributed by atoms with E-state index in [4.69, 9.17) is 23.2 Å². The standard InChI is InChI=1S/C17H19Cl2N/c1-11-7-8-12(2)14(9-11)16(20-3)10-13-5-4-6-15(18)17(13)19/h4-9,16,20H,10H2,1-3H3. The summed E-state index contributed by atoms with van der Waals surface area (Å²) < 4.78 is 0. The molecule has 0 heterocycles. The van der Waals surface area contributed by atoms with Crippen LogP contribution in [0.3, 0.4) is 0 Å². The molecule has 1 atom stereocenters. The van der Waals surface area contributed by atoms with E-state index >= 15 is 0 Å².